The molecular weight excluding hydrogens is 254 g/mol. The van der Waals surface area contributed by atoms with Gasteiger partial charge < -0.3 is 14.5 Å². The SMILES string of the molecule is CC(C)c1cccc(OCCNC(=O)c2ccco2)c1. The summed E-state index contributed by atoms with van der Waals surface area (Å²) in [5.41, 5.74) is 1.24. The summed E-state index contributed by atoms with van der Waals surface area (Å²) < 4.78 is 10.6. The summed E-state index contributed by atoms with van der Waals surface area (Å²) in [6, 6.07) is 11.3. The van der Waals surface area contributed by atoms with Gasteiger partial charge in [-0.2, -0.15) is 0 Å². The highest BCUT2D eigenvalue weighted by molar-refractivity contribution is 5.91. The molecule has 1 heterocycles. The van der Waals surface area contributed by atoms with E-state index in [0.29, 0.717) is 24.8 Å². The first-order valence-electron chi connectivity index (χ1n) is 6.71. The van der Waals surface area contributed by atoms with Crippen LogP contribution in [0, 0.1) is 0 Å². The fourth-order valence-corrected chi connectivity index (χ4v) is 1.79. The largest absolute Gasteiger partial charge is 0.492 e. The number of nitrogens with one attached hydrogen (secondary N) is 1. The summed E-state index contributed by atoms with van der Waals surface area (Å²) in [4.78, 5) is 11.6. The smallest absolute Gasteiger partial charge is 0.287 e. The van der Waals surface area contributed by atoms with E-state index >= 15 is 0 Å². The molecule has 0 radical (unpaired) electrons. The molecule has 1 aromatic carbocycles. The van der Waals surface area contributed by atoms with Crippen LogP contribution in [0.5, 0.6) is 5.75 Å². The molecule has 0 fully saturated rings. The minimum atomic E-state index is -0.227. The third kappa shape index (κ3) is 3.88. The Kier molecular flexibility index (Phi) is 4.82. The lowest BCUT2D eigenvalue weighted by molar-refractivity contribution is 0.0919. The van der Waals surface area contributed by atoms with E-state index in [9.17, 15) is 4.79 Å². The highest BCUT2D eigenvalue weighted by Crippen LogP contribution is 2.19. The van der Waals surface area contributed by atoms with Gasteiger partial charge in [0, 0.05) is 0 Å². The van der Waals surface area contributed by atoms with Crippen LogP contribution in [0.2, 0.25) is 0 Å². The molecule has 1 N–H and O–H groups in total. The molecule has 0 saturated heterocycles. The molecule has 0 aliphatic heterocycles. The molecule has 0 aliphatic rings. The van der Waals surface area contributed by atoms with Crippen molar-refractivity contribution in [2.75, 3.05) is 13.2 Å². The highest BCUT2D eigenvalue weighted by atomic mass is 16.5. The van der Waals surface area contributed by atoms with E-state index in [-0.39, 0.29) is 5.91 Å². The van der Waals surface area contributed by atoms with Gasteiger partial charge in [0.15, 0.2) is 5.76 Å². The van der Waals surface area contributed by atoms with Gasteiger partial charge in [-0.25, -0.2) is 0 Å². The molecule has 0 aliphatic carbocycles. The predicted octanol–water partition coefficient (Wildman–Crippen LogP) is 3.21. The Balaban J connectivity index is 1.76. The third-order valence-corrected chi connectivity index (χ3v) is 2.93. The Labute approximate surface area is 118 Å². The van der Waals surface area contributed by atoms with Crippen molar-refractivity contribution in [3.05, 3.63) is 54.0 Å². The zero-order valence-electron chi connectivity index (χ0n) is 11.8. The fourth-order valence-electron chi connectivity index (χ4n) is 1.79. The first-order valence-corrected chi connectivity index (χ1v) is 6.71. The molecule has 2 rings (SSSR count). The van der Waals surface area contributed by atoms with Gasteiger partial charge in [-0.1, -0.05) is 26.0 Å². The lowest BCUT2D eigenvalue weighted by Crippen LogP contribution is -2.27. The summed E-state index contributed by atoms with van der Waals surface area (Å²) >= 11 is 0. The Morgan fingerprint density at radius 3 is 2.85 bits per heavy atom. The second-order valence-electron chi connectivity index (χ2n) is 4.81. The van der Waals surface area contributed by atoms with Gasteiger partial charge in [-0.3, -0.25) is 4.79 Å². The van der Waals surface area contributed by atoms with Crippen LogP contribution in [0.1, 0.15) is 35.9 Å². The number of rotatable bonds is 6. The van der Waals surface area contributed by atoms with Crippen LogP contribution in [0.25, 0.3) is 0 Å². The predicted molar refractivity (Wildman–Crippen MR) is 77.1 cm³/mol. The number of furan rings is 1. The summed E-state index contributed by atoms with van der Waals surface area (Å²) in [5, 5.41) is 2.73. The Hall–Kier alpha value is -2.23. The van der Waals surface area contributed by atoms with Crippen LogP contribution >= 0.6 is 0 Å². The zero-order chi connectivity index (χ0) is 14.4. The molecule has 0 atom stereocenters. The van der Waals surface area contributed by atoms with Gasteiger partial charge in [0.25, 0.3) is 5.91 Å². The van der Waals surface area contributed by atoms with Crippen molar-refractivity contribution in [3.8, 4) is 5.75 Å². The van der Waals surface area contributed by atoms with Crippen LogP contribution in [0.3, 0.4) is 0 Å². The van der Waals surface area contributed by atoms with Crippen molar-refractivity contribution < 1.29 is 13.9 Å². The van der Waals surface area contributed by atoms with Gasteiger partial charge in [0.2, 0.25) is 0 Å². The topological polar surface area (TPSA) is 51.5 Å². The molecule has 0 bridgehead atoms. The summed E-state index contributed by atoms with van der Waals surface area (Å²) in [5.74, 6) is 1.38. The van der Waals surface area contributed by atoms with Crippen molar-refractivity contribution in [2.24, 2.45) is 0 Å². The number of ether oxygens (including phenoxy) is 1. The molecule has 106 valence electrons. The monoisotopic (exact) mass is 273 g/mol. The van der Waals surface area contributed by atoms with Gasteiger partial charge in [0.05, 0.1) is 12.8 Å². The maximum absolute atomic E-state index is 11.6. The molecule has 20 heavy (non-hydrogen) atoms. The number of carbonyl (C=O) groups is 1. The second-order valence-corrected chi connectivity index (χ2v) is 4.81. The van der Waals surface area contributed by atoms with Gasteiger partial charge in [-0.05, 0) is 35.7 Å². The lowest BCUT2D eigenvalue weighted by Gasteiger charge is -2.10. The first kappa shape index (κ1) is 14.2. The molecule has 1 aromatic heterocycles. The quantitative estimate of drug-likeness (QED) is 0.822. The molecule has 4 nitrogen and oxygen atoms in total. The second kappa shape index (κ2) is 6.80. The van der Waals surface area contributed by atoms with E-state index < -0.39 is 0 Å². The molecule has 2 aromatic rings. The fraction of sp³-hybridized carbons (Fsp3) is 0.312. The molecule has 0 saturated carbocycles. The average Bonchev–Trinajstić information content (AvgIpc) is 2.98. The molecule has 4 heteroatoms. The van der Waals surface area contributed by atoms with E-state index in [1.54, 1.807) is 12.1 Å². The maximum atomic E-state index is 11.6. The number of carbonyl (C=O) groups excluding carboxylic acids is 1. The van der Waals surface area contributed by atoms with Gasteiger partial charge in [0.1, 0.15) is 12.4 Å². The van der Waals surface area contributed by atoms with Crippen LogP contribution in [-0.4, -0.2) is 19.1 Å². The van der Waals surface area contributed by atoms with Crippen LogP contribution < -0.4 is 10.1 Å². The molecule has 1 amide bonds. The minimum Gasteiger partial charge on any atom is -0.492 e. The van der Waals surface area contributed by atoms with Crippen molar-refractivity contribution >= 4 is 5.91 Å². The summed E-state index contributed by atoms with van der Waals surface area (Å²) in [7, 11) is 0. The Morgan fingerprint density at radius 2 is 2.15 bits per heavy atom. The van der Waals surface area contributed by atoms with E-state index in [0.717, 1.165) is 5.75 Å². The normalized spacial score (nSPS) is 10.6. The first-order chi connectivity index (χ1) is 9.66. The zero-order valence-corrected chi connectivity index (χ0v) is 11.8. The molecule has 0 spiro atoms. The van der Waals surface area contributed by atoms with Crippen LogP contribution in [0.15, 0.2) is 47.1 Å². The number of hydrogen-bond donors (Lipinski definition) is 1. The Morgan fingerprint density at radius 1 is 1.30 bits per heavy atom. The molecule has 0 unspecified atom stereocenters. The van der Waals surface area contributed by atoms with Gasteiger partial charge in [-0.15, -0.1) is 0 Å². The highest BCUT2D eigenvalue weighted by Gasteiger charge is 2.07. The van der Waals surface area contributed by atoms with Crippen molar-refractivity contribution in [3.63, 3.8) is 0 Å². The van der Waals surface area contributed by atoms with Crippen molar-refractivity contribution in [1.82, 2.24) is 5.32 Å². The van der Waals surface area contributed by atoms with E-state index in [1.165, 1.54) is 11.8 Å². The van der Waals surface area contributed by atoms with Crippen molar-refractivity contribution in [1.29, 1.82) is 0 Å². The average molecular weight is 273 g/mol. The minimum absolute atomic E-state index is 0.227. The summed E-state index contributed by atoms with van der Waals surface area (Å²) in [6.45, 7) is 5.14. The number of benzene rings is 1. The Bertz CT molecular complexity index is 547. The third-order valence-electron chi connectivity index (χ3n) is 2.93. The van der Waals surface area contributed by atoms with Crippen LogP contribution in [0.4, 0.5) is 0 Å². The lowest BCUT2D eigenvalue weighted by atomic mass is 10.0. The maximum Gasteiger partial charge on any atom is 0.287 e. The molecular formula is C16H19NO3. The van der Waals surface area contributed by atoms with Crippen LogP contribution in [-0.2, 0) is 0 Å². The summed E-state index contributed by atoms with van der Waals surface area (Å²) in [6.07, 6.45) is 1.48. The number of amides is 1. The number of hydrogen-bond acceptors (Lipinski definition) is 3. The van der Waals surface area contributed by atoms with E-state index in [1.807, 2.05) is 18.2 Å². The van der Waals surface area contributed by atoms with Crippen molar-refractivity contribution in [2.45, 2.75) is 19.8 Å². The standard InChI is InChI=1S/C16H19NO3/c1-12(2)13-5-3-6-14(11-13)19-10-8-17-16(18)15-7-4-9-20-15/h3-7,9,11-12H,8,10H2,1-2H3,(H,17,18). The van der Waals surface area contributed by atoms with Gasteiger partial charge >= 0.3 is 0 Å². The van der Waals surface area contributed by atoms with E-state index in [2.05, 4.69) is 25.2 Å². The van der Waals surface area contributed by atoms with E-state index in [4.69, 9.17) is 9.15 Å².